The van der Waals surface area contributed by atoms with Gasteiger partial charge in [0.25, 0.3) is 11.8 Å². The maximum Gasteiger partial charge on any atom is 0.416 e. The number of benzene rings is 5. The molecule has 53 heavy (non-hydrogen) atoms. The third kappa shape index (κ3) is 9.67. The van der Waals surface area contributed by atoms with Crippen molar-refractivity contribution in [2.45, 2.75) is 26.1 Å². The number of carbonyl (C=O) groups is 4. The largest absolute Gasteiger partial charge is 0.497 e. The molecule has 0 saturated carbocycles. The number of amides is 3. The average Bonchev–Trinajstić information content (AvgIpc) is 3.14. The maximum absolute atomic E-state index is 13.6. The monoisotopic (exact) mass is 723 g/mol. The van der Waals surface area contributed by atoms with Gasteiger partial charge in [-0.2, -0.15) is 13.2 Å². The highest BCUT2D eigenvalue weighted by molar-refractivity contribution is 6.06. The van der Waals surface area contributed by atoms with Gasteiger partial charge < -0.3 is 25.0 Å². The number of aliphatic carboxylic acids is 1. The zero-order valence-electron chi connectivity index (χ0n) is 29.1. The average molecular weight is 724 g/mol. The number of hydrogen-bond acceptors (Lipinski definition) is 5. The first-order valence-corrected chi connectivity index (χ1v) is 16.4. The summed E-state index contributed by atoms with van der Waals surface area (Å²) in [6.07, 6.45) is -5.25. The normalized spacial score (nSPS) is 11.1. The van der Waals surface area contributed by atoms with E-state index in [-0.39, 0.29) is 35.0 Å². The molecule has 0 aliphatic heterocycles. The van der Waals surface area contributed by atoms with E-state index >= 15 is 0 Å². The van der Waals surface area contributed by atoms with Gasteiger partial charge in [-0.1, -0.05) is 60.2 Å². The SMILES string of the molecule is COc1ccc(CC(=O)Nc2ccc(C(=O)N(CC(=O)O)Cc3ccc(N(C)C(=O)c4ccc(-c5ccc(C)cc5)cc4)cc3)cc2)c(C(F)(F)F)c1. The van der Waals surface area contributed by atoms with Crippen molar-refractivity contribution in [3.8, 4) is 16.9 Å². The van der Waals surface area contributed by atoms with Crippen LogP contribution in [0.1, 0.15) is 43.0 Å². The van der Waals surface area contributed by atoms with E-state index in [1.165, 1.54) is 48.4 Å². The Kier molecular flexibility index (Phi) is 11.6. The Balaban J connectivity index is 1.21. The van der Waals surface area contributed by atoms with Gasteiger partial charge in [0.2, 0.25) is 5.91 Å². The minimum Gasteiger partial charge on any atom is -0.497 e. The highest BCUT2D eigenvalue weighted by Crippen LogP contribution is 2.35. The number of nitrogens with one attached hydrogen (secondary N) is 1. The summed E-state index contributed by atoms with van der Waals surface area (Å²) in [7, 11) is 2.89. The fourth-order valence-corrected chi connectivity index (χ4v) is 5.63. The van der Waals surface area contributed by atoms with Crippen molar-refractivity contribution in [1.82, 2.24) is 4.90 Å². The quantitative estimate of drug-likeness (QED) is 0.135. The number of alkyl halides is 3. The van der Waals surface area contributed by atoms with Crippen LogP contribution in [-0.2, 0) is 28.7 Å². The summed E-state index contributed by atoms with van der Waals surface area (Å²) in [5.41, 5.74) is 4.05. The number of carboxylic acids is 1. The van der Waals surface area contributed by atoms with Crippen molar-refractivity contribution in [3.63, 3.8) is 0 Å². The number of carboxylic acid groups (broad SMARTS) is 1. The van der Waals surface area contributed by atoms with Crippen molar-refractivity contribution in [2.75, 3.05) is 30.9 Å². The van der Waals surface area contributed by atoms with E-state index in [0.29, 0.717) is 16.8 Å². The van der Waals surface area contributed by atoms with Gasteiger partial charge in [-0.25, -0.2) is 0 Å². The van der Waals surface area contributed by atoms with Crippen LogP contribution in [0.3, 0.4) is 0 Å². The van der Waals surface area contributed by atoms with E-state index in [1.54, 1.807) is 43.4 Å². The zero-order chi connectivity index (χ0) is 38.3. The molecule has 0 aromatic heterocycles. The van der Waals surface area contributed by atoms with Gasteiger partial charge in [0.1, 0.15) is 12.3 Å². The second-order valence-corrected chi connectivity index (χ2v) is 12.4. The predicted molar refractivity (Wildman–Crippen MR) is 195 cm³/mol. The van der Waals surface area contributed by atoms with Gasteiger partial charge in [-0.3, -0.25) is 19.2 Å². The van der Waals surface area contributed by atoms with Crippen LogP contribution >= 0.6 is 0 Å². The minimum atomic E-state index is -4.69. The Morgan fingerprint density at radius 2 is 1.32 bits per heavy atom. The Labute approximate surface area is 304 Å². The van der Waals surface area contributed by atoms with Crippen LogP contribution in [0.15, 0.2) is 115 Å². The molecule has 5 aromatic carbocycles. The molecule has 0 unspecified atom stereocenters. The summed E-state index contributed by atoms with van der Waals surface area (Å²) in [6, 6.07) is 31.2. The van der Waals surface area contributed by atoms with Gasteiger partial charge in [0.05, 0.1) is 19.1 Å². The Hall–Kier alpha value is -6.43. The molecule has 0 bridgehead atoms. The highest BCUT2D eigenvalue weighted by atomic mass is 19.4. The molecule has 0 radical (unpaired) electrons. The molecule has 0 spiro atoms. The molecule has 2 N–H and O–H groups in total. The summed E-state index contributed by atoms with van der Waals surface area (Å²) in [5, 5.41) is 12.1. The number of rotatable bonds is 12. The molecule has 0 heterocycles. The van der Waals surface area contributed by atoms with Gasteiger partial charge >= 0.3 is 12.1 Å². The maximum atomic E-state index is 13.6. The Morgan fingerprint density at radius 3 is 1.89 bits per heavy atom. The molecular weight excluding hydrogens is 687 g/mol. The second-order valence-electron chi connectivity index (χ2n) is 12.4. The molecule has 0 saturated heterocycles. The molecule has 0 aliphatic rings. The predicted octanol–water partition coefficient (Wildman–Crippen LogP) is 7.87. The number of anilines is 2. The highest BCUT2D eigenvalue weighted by Gasteiger charge is 2.34. The lowest BCUT2D eigenvalue weighted by molar-refractivity contribution is -0.139. The number of carbonyl (C=O) groups excluding carboxylic acids is 3. The van der Waals surface area contributed by atoms with Crippen molar-refractivity contribution >= 4 is 35.1 Å². The summed E-state index contributed by atoms with van der Waals surface area (Å²) < 4.78 is 45.6. The second kappa shape index (κ2) is 16.3. The third-order valence-corrected chi connectivity index (χ3v) is 8.52. The van der Waals surface area contributed by atoms with Crippen LogP contribution in [-0.4, -0.2) is 54.4 Å². The topological polar surface area (TPSA) is 116 Å². The number of halogens is 3. The van der Waals surface area contributed by atoms with E-state index in [2.05, 4.69) is 5.32 Å². The molecule has 5 aromatic rings. The van der Waals surface area contributed by atoms with Crippen LogP contribution in [0.4, 0.5) is 24.5 Å². The van der Waals surface area contributed by atoms with Gasteiger partial charge in [0.15, 0.2) is 0 Å². The van der Waals surface area contributed by atoms with Crippen LogP contribution in [0, 0.1) is 6.92 Å². The molecule has 12 heteroatoms. The first kappa shape index (κ1) is 37.8. The van der Waals surface area contributed by atoms with Crippen molar-refractivity contribution in [3.05, 3.63) is 149 Å². The van der Waals surface area contributed by atoms with E-state index in [0.717, 1.165) is 27.7 Å². The van der Waals surface area contributed by atoms with Gasteiger partial charge in [-0.15, -0.1) is 0 Å². The lowest BCUT2D eigenvalue weighted by Gasteiger charge is -2.22. The number of hydrogen-bond donors (Lipinski definition) is 2. The Bertz CT molecular complexity index is 2100. The van der Waals surface area contributed by atoms with Gasteiger partial charge in [0, 0.05) is 36.1 Å². The number of aryl methyl sites for hydroxylation is 1. The number of methoxy groups -OCH3 is 1. The lowest BCUT2D eigenvalue weighted by atomic mass is 10.0. The Morgan fingerprint density at radius 1 is 0.755 bits per heavy atom. The van der Waals surface area contributed by atoms with E-state index in [4.69, 9.17) is 4.74 Å². The smallest absolute Gasteiger partial charge is 0.416 e. The van der Waals surface area contributed by atoms with E-state index in [1.807, 2.05) is 43.3 Å². The molecular formula is C41H36F3N3O6. The third-order valence-electron chi connectivity index (χ3n) is 8.52. The standard InChI is InChI=1S/C41H36F3N3O6/c1-26-4-8-28(9-5-26)29-10-12-30(13-11-29)39(51)46(2)34-19-6-27(7-20-34)24-47(25-38(49)50)40(52)31-14-17-33(18-15-31)45-37(48)22-32-16-21-35(53-3)23-36(32)41(42,43)44/h4-21,23H,22,24-25H2,1-3H3,(H,45,48)(H,49,50). The van der Waals surface area contributed by atoms with Crippen molar-refractivity contribution in [1.29, 1.82) is 0 Å². The van der Waals surface area contributed by atoms with Crippen LogP contribution in [0.5, 0.6) is 5.75 Å². The number of ether oxygens (including phenoxy) is 1. The van der Waals surface area contributed by atoms with E-state index in [9.17, 15) is 37.5 Å². The lowest BCUT2D eigenvalue weighted by Crippen LogP contribution is -2.35. The molecule has 0 atom stereocenters. The summed E-state index contributed by atoms with van der Waals surface area (Å²) in [5.74, 6) is -2.74. The number of nitrogens with zero attached hydrogens (tertiary/aromatic N) is 2. The molecule has 272 valence electrons. The molecule has 3 amide bonds. The fourth-order valence-electron chi connectivity index (χ4n) is 5.63. The van der Waals surface area contributed by atoms with Crippen molar-refractivity contribution in [2.24, 2.45) is 0 Å². The van der Waals surface area contributed by atoms with Crippen LogP contribution in [0.2, 0.25) is 0 Å². The van der Waals surface area contributed by atoms with Gasteiger partial charge in [-0.05, 0) is 89.8 Å². The molecule has 0 fully saturated rings. The molecule has 0 aliphatic carbocycles. The first-order valence-electron chi connectivity index (χ1n) is 16.4. The van der Waals surface area contributed by atoms with Crippen LogP contribution < -0.4 is 15.0 Å². The first-order chi connectivity index (χ1) is 25.2. The molecule has 9 nitrogen and oxygen atoms in total. The zero-order valence-corrected chi connectivity index (χ0v) is 29.1. The summed E-state index contributed by atoms with van der Waals surface area (Å²) in [6.45, 7) is 1.37. The van der Waals surface area contributed by atoms with E-state index < -0.39 is 42.5 Å². The minimum absolute atomic E-state index is 0.00627. The molecule has 5 rings (SSSR count). The van der Waals surface area contributed by atoms with Crippen molar-refractivity contribution < 1.29 is 42.2 Å². The van der Waals surface area contributed by atoms with Crippen LogP contribution in [0.25, 0.3) is 11.1 Å². The summed E-state index contributed by atoms with van der Waals surface area (Å²) in [4.78, 5) is 53.6. The summed E-state index contributed by atoms with van der Waals surface area (Å²) >= 11 is 0. The fraction of sp³-hybridized carbons (Fsp3) is 0.171.